The average Bonchev–Trinajstić information content (AvgIpc) is 2.96. The molecule has 3 atom stereocenters. The van der Waals surface area contributed by atoms with Gasteiger partial charge in [-0.25, -0.2) is 0 Å². The summed E-state index contributed by atoms with van der Waals surface area (Å²) >= 11 is 1.92. The molecular weight excluding hydrogens is 238 g/mol. The van der Waals surface area contributed by atoms with Crippen LogP contribution < -0.4 is 5.32 Å². The van der Waals surface area contributed by atoms with Crippen LogP contribution in [0.4, 0.5) is 0 Å². The molecule has 0 spiro atoms. The first-order valence-electron chi connectivity index (χ1n) is 6.29. The van der Waals surface area contributed by atoms with E-state index in [9.17, 15) is 9.59 Å². The van der Waals surface area contributed by atoms with E-state index in [0.29, 0.717) is 18.1 Å². The maximum atomic E-state index is 11.9. The average molecular weight is 257 g/mol. The van der Waals surface area contributed by atoms with Gasteiger partial charge in [0.05, 0.1) is 5.92 Å². The smallest absolute Gasteiger partial charge is 0.306 e. The molecule has 1 saturated carbocycles. The van der Waals surface area contributed by atoms with E-state index >= 15 is 0 Å². The zero-order valence-electron chi connectivity index (χ0n) is 9.85. The lowest BCUT2D eigenvalue weighted by molar-refractivity contribution is -0.141. The summed E-state index contributed by atoms with van der Waals surface area (Å²) in [6.45, 7) is 0.748. The Labute approximate surface area is 106 Å². The molecule has 1 unspecified atom stereocenters. The molecule has 96 valence electrons. The molecule has 1 amide bonds. The van der Waals surface area contributed by atoms with Crippen molar-refractivity contribution in [3.05, 3.63) is 0 Å². The van der Waals surface area contributed by atoms with E-state index in [0.717, 1.165) is 13.0 Å². The molecular formula is C12H19NO3S. The fourth-order valence-corrected chi connectivity index (χ4v) is 3.81. The van der Waals surface area contributed by atoms with Gasteiger partial charge in [-0.15, -0.1) is 0 Å². The quantitative estimate of drug-likeness (QED) is 0.801. The third kappa shape index (κ3) is 3.37. The highest BCUT2D eigenvalue weighted by Gasteiger charge is 2.33. The van der Waals surface area contributed by atoms with Gasteiger partial charge < -0.3 is 10.4 Å². The number of carbonyl (C=O) groups excluding carboxylic acids is 1. The van der Waals surface area contributed by atoms with Gasteiger partial charge in [-0.2, -0.15) is 11.8 Å². The van der Waals surface area contributed by atoms with E-state index in [4.69, 9.17) is 5.11 Å². The van der Waals surface area contributed by atoms with Crippen LogP contribution in [0.5, 0.6) is 0 Å². The second kappa shape index (κ2) is 5.76. The summed E-state index contributed by atoms with van der Waals surface area (Å²) in [5.74, 6) is 0.104. The molecule has 2 N–H and O–H groups in total. The van der Waals surface area contributed by atoms with Crippen LogP contribution in [-0.2, 0) is 9.59 Å². The fraction of sp³-hybridized carbons (Fsp3) is 0.833. The van der Waals surface area contributed by atoms with Gasteiger partial charge in [0.15, 0.2) is 0 Å². The van der Waals surface area contributed by atoms with E-state index in [1.807, 2.05) is 11.8 Å². The van der Waals surface area contributed by atoms with Crippen LogP contribution in [0.3, 0.4) is 0 Å². The van der Waals surface area contributed by atoms with Crippen molar-refractivity contribution in [1.82, 2.24) is 5.32 Å². The van der Waals surface area contributed by atoms with Crippen LogP contribution in [0.15, 0.2) is 0 Å². The summed E-state index contributed by atoms with van der Waals surface area (Å²) < 4.78 is 0. The number of carboxylic acid groups (broad SMARTS) is 1. The lowest BCUT2D eigenvalue weighted by atomic mass is 10.0. The minimum Gasteiger partial charge on any atom is -0.481 e. The van der Waals surface area contributed by atoms with E-state index in [1.165, 1.54) is 18.6 Å². The molecule has 5 heteroatoms. The predicted molar refractivity (Wildman–Crippen MR) is 67.0 cm³/mol. The molecule has 2 aliphatic rings. The third-order valence-corrected chi connectivity index (χ3v) is 5.08. The number of hydrogen-bond donors (Lipinski definition) is 2. The number of hydrogen-bond acceptors (Lipinski definition) is 3. The summed E-state index contributed by atoms with van der Waals surface area (Å²) in [6, 6.07) is 0. The highest BCUT2D eigenvalue weighted by Crippen LogP contribution is 2.31. The Hall–Kier alpha value is -0.710. The first kappa shape index (κ1) is 12.7. The molecule has 2 rings (SSSR count). The SMILES string of the molecule is O=C(O)[C@H]1CC[C@@H](C(=O)NCC2CCCS2)C1. The fourth-order valence-electron chi connectivity index (χ4n) is 2.61. The van der Waals surface area contributed by atoms with Crippen LogP contribution in [0, 0.1) is 11.8 Å². The Balaban J connectivity index is 1.71. The topological polar surface area (TPSA) is 66.4 Å². The lowest BCUT2D eigenvalue weighted by Crippen LogP contribution is -2.34. The number of amides is 1. The molecule has 1 aliphatic heterocycles. The van der Waals surface area contributed by atoms with Crippen LogP contribution in [-0.4, -0.2) is 34.5 Å². The monoisotopic (exact) mass is 257 g/mol. The molecule has 17 heavy (non-hydrogen) atoms. The maximum absolute atomic E-state index is 11.9. The zero-order valence-corrected chi connectivity index (χ0v) is 10.7. The van der Waals surface area contributed by atoms with Crippen molar-refractivity contribution >= 4 is 23.6 Å². The van der Waals surface area contributed by atoms with Crippen LogP contribution in [0.1, 0.15) is 32.1 Å². The van der Waals surface area contributed by atoms with Gasteiger partial charge >= 0.3 is 5.97 Å². The van der Waals surface area contributed by atoms with Crippen molar-refractivity contribution in [1.29, 1.82) is 0 Å². The molecule has 0 aromatic rings. The summed E-state index contributed by atoms with van der Waals surface area (Å²) in [6.07, 6.45) is 4.31. The second-order valence-electron chi connectivity index (χ2n) is 4.93. The number of carbonyl (C=O) groups is 2. The van der Waals surface area contributed by atoms with E-state index < -0.39 is 5.97 Å². The summed E-state index contributed by atoms with van der Waals surface area (Å²) in [5.41, 5.74) is 0. The molecule has 2 fully saturated rings. The lowest BCUT2D eigenvalue weighted by Gasteiger charge is -2.13. The maximum Gasteiger partial charge on any atom is 0.306 e. The molecule has 1 heterocycles. The van der Waals surface area contributed by atoms with Gasteiger partial charge in [-0.05, 0) is 37.9 Å². The highest BCUT2D eigenvalue weighted by atomic mass is 32.2. The summed E-state index contributed by atoms with van der Waals surface area (Å²) in [5, 5.41) is 12.4. The molecule has 1 saturated heterocycles. The Morgan fingerprint density at radius 1 is 1.24 bits per heavy atom. The number of carboxylic acids is 1. The minimum absolute atomic E-state index is 0.0567. The summed E-state index contributed by atoms with van der Waals surface area (Å²) in [4.78, 5) is 22.7. The molecule has 0 radical (unpaired) electrons. The van der Waals surface area contributed by atoms with Gasteiger partial charge in [0.1, 0.15) is 0 Å². The molecule has 0 aromatic heterocycles. The van der Waals surface area contributed by atoms with Crippen LogP contribution in [0.25, 0.3) is 0 Å². The third-order valence-electron chi connectivity index (χ3n) is 3.68. The first-order chi connectivity index (χ1) is 8.16. The molecule has 0 bridgehead atoms. The number of aliphatic carboxylic acids is 1. The molecule has 1 aliphatic carbocycles. The standard InChI is InChI=1S/C12H19NO3S/c14-11(13-7-10-2-1-5-17-10)8-3-4-9(6-8)12(15)16/h8-10H,1-7H2,(H,13,14)(H,15,16)/t8-,9+,10?/m1/s1. The van der Waals surface area contributed by atoms with Crippen molar-refractivity contribution in [3.63, 3.8) is 0 Å². The van der Waals surface area contributed by atoms with E-state index in [2.05, 4.69) is 5.32 Å². The Morgan fingerprint density at radius 3 is 2.59 bits per heavy atom. The van der Waals surface area contributed by atoms with Gasteiger partial charge in [-0.1, -0.05) is 0 Å². The highest BCUT2D eigenvalue weighted by molar-refractivity contribution is 8.00. The largest absolute Gasteiger partial charge is 0.481 e. The Morgan fingerprint density at radius 2 is 2.00 bits per heavy atom. The van der Waals surface area contributed by atoms with Crippen molar-refractivity contribution in [2.24, 2.45) is 11.8 Å². The van der Waals surface area contributed by atoms with Gasteiger partial charge in [0.2, 0.25) is 5.91 Å². The van der Waals surface area contributed by atoms with Crippen LogP contribution in [0.2, 0.25) is 0 Å². The van der Waals surface area contributed by atoms with Crippen LogP contribution >= 0.6 is 11.8 Å². The molecule has 4 nitrogen and oxygen atoms in total. The van der Waals surface area contributed by atoms with Gasteiger partial charge in [0, 0.05) is 17.7 Å². The van der Waals surface area contributed by atoms with Gasteiger partial charge in [-0.3, -0.25) is 9.59 Å². The van der Waals surface area contributed by atoms with Gasteiger partial charge in [0.25, 0.3) is 0 Å². The number of rotatable bonds is 4. The number of thioether (sulfide) groups is 1. The zero-order chi connectivity index (χ0) is 12.3. The predicted octanol–water partition coefficient (Wildman–Crippen LogP) is 1.50. The first-order valence-corrected chi connectivity index (χ1v) is 7.34. The number of nitrogens with one attached hydrogen (secondary N) is 1. The van der Waals surface area contributed by atoms with Crippen molar-refractivity contribution in [3.8, 4) is 0 Å². The van der Waals surface area contributed by atoms with Crippen molar-refractivity contribution < 1.29 is 14.7 Å². The van der Waals surface area contributed by atoms with E-state index in [1.54, 1.807) is 0 Å². The summed E-state index contributed by atoms with van der Waals surface area (Å²) in [7, 11) is 0. The normalized spacial score (nSPS) is 32.6. The second-order valence-corrected chi connectivity index (χ2v) is 6.33. The molecule has 0 aromatic carbocycles. The Kier molecular flexibility index (Phi) is 4.31. The van der Waals surface area contributed by atoms with E-state index in [-0.39, 0.29) is 17.7 Å². The minimum atomic E-state index is -0.758. The van der Waals surface area contributed by atoms with Crippen molar-refractivity contribution in [2.45, 2.75) is 37.4 Å². The Bertz CT molecular complexity index is 302. The van der Waals surface area contributed by atoms with Crippen molar-refractivity contribution in [2.75, 3.05) is 12.3 Å².